The van der Waals surface area contributed by atoms with Gasteiger partial charge in [0, 0.05) is 0 Å². The minimum Gasteiger partial charge on any atom is -1.00 e. The Morgan fingerprint density at radius 2 is 1.31 bits per heavy atom. The van der Waals surface area contributed by atoms with Gasteiger partial charge in [0.15, 0.2) is 0 Å². The van der Waals surface area contributed by atoms with Gasteiger partial charge in [-0.1, -0.05) is 12.8 Å². The van der Waals surface area contributed by atoms with E-state index in [1.165, 1.54) is 0 Å². The fourth-order valence-corrected chi connectivity index (χ4v) is 1.72. The summed E-state index contributed by atoms with van der Waals surface area (Å²) >= 11 is 0. The molecule has 0 spiro atoms. The zero-order valence-corrected chi connectivity index (χ0v) is 9.69. The number of carboxylic acids is 2. The summed E-state index contributed by atoms with van der Waals surface area (Å²) in [6.07, 6.45) is 2.68. The van der Waals surface area contributed by atoms with E-state index in [1.54, 1.807) is 0 Å². The monoisotopic (exact) mass is 196 g/mol. The van der Waals surface area contributed by atoms with Crippen LogP contribution in [0, 0.1) is 11.8 Å². The first-order valence-electron chi connectivity index (χ1n) is 4.08. The summed E-state index contributed by atoms with van der Waals surface area (Å²) in [4.78, 5) is 21.2. The standard InChI is InChI=1S/C8H12O4.Na.H/c9-7(10)5-3-1-2-4-6(5)8(11)12;;/h5-6H,1-4H2,(H,9,10)(H,11,12);;/q;+1;-1. The maximum Gasteiger partial charge on any atom is 1.00 e. The normalized spacial score (nSPS) is 27.4. The van der Waals surface area contributed by atoms with Gasteiger partial charge in [-0.25, -0.2) is 0 Å². The molecule has 0 bridgehead atoms. The smallest absolute Gasteiger partial charge is 1.00 e. The molecule has 1 fully saturated rings. The van der Waals surface area contributed by atoms with Gasteiger partial charge in [-0.05, 0) is 12.8 Å². The van der Waals surface area contributed by atoms with Crippen molar-refractivity contribution in [2.24, 2.45) is 11.8 Å². The van der Waals surface area contributed by atoms with Gasteiger partial charge in [0.1, 0.15) is 0 Å². The molecule has 0 amide bonds. The van der Waals surface area contributed by atoms with Crippen LogP contribution in [0.2, 0.25) is 0 Å². The third-order valence-electron chi connectivity index (χ3n) is 2.40. The van der Waals surface area contributed by atoms with Crippen LogP contribution in [0.3, 0.4) is 0 Å². The molecular formula is C8H13NaO4. The largest absolute Gasteiger partial charge is 1.00 e. The molecule has 0 aromatic carbocycles. The van der Waals surface area contributed by atoms with Gasteiger partial charge >= 0.3 is 41.5 Å². The van der Waals surface area contributed by atoms with Gasteiger partial charge in [-0.15, -0.1) is 0 Å². The van der Waals surface area contributed by atoms with Crippen molar-refractivity contribution in [3.8, 4) is 0 Å². The van der Waals surface area contributed by atoms with Crippen LogP contribution in [-0.2, 0) is 9.59 Å². The molecule has 1 rings (SSSR count). The molecule has 70 valence electrons. The Balaban J connectivity index is 0. The van der Waals surface area contributed by atoms with Crippen LogP contribution in [-0.4, -0.2) is 22.2 Å². The summed E-state index contributed by atoms with van der Waals surface area (Å²) in [7, 11) is 0. The van der Waals surface area contributed by atoms with Crippen molar-refractivity contribution in [1.82, 2.24) is 0 Å². The zero-order chi connectivity index (χ0) is 9.14. The van der Waals surface area contributed by atoms with Crippen LogP contribution in [0.15, 0.2) is 0 Å². The average molecular weight is 196 g/mol. The molecule has 5 heteroatoms. The summed E-state index contributed by atoms with van der Waals surface area (Å²) in [6, 6.07) is 0. The molecular weight excluding hydrogens is 183 g/mol. The first kappa shape index (κ1) is 12.9. The molecule has 1 aliphatic carbocycles. The van der Waals surface area contributed by atoms with E-state index in [9.17, 15) is 9.59 Å². The second-order valence-electron chi connectivity index (χ2n) is 3.17. The number of rotatable bonds is 2. The first-order valence-corrected chi connectivity index (χ1v) is 4.08. The van der Waals surface area contributed by atoms with Crippen molar-refractivity contribution in [3.05, 3.63) is 0 Å². The van der Waals surface area contributed by atoms with Gasteiger partial charge in [-0.2, -0.15) is 0 Å². The van der Waals surface area contributed by atoms with Crippen LogP contribution in [0.1, 0.15) is 27.1 Å². The van der Waals surface area contributed by atoms with E-state index in [4.69, 9.17) is 10.2 Å². The fraction of sp³-hybridized carbons (Fsp3) is 0.750. The van der Waals surface area contributed by atoms with E-state index in [0.29, 0.717) is 12.8 Å². The topological polar surface area (TPSA) is 74.6 Å². The summed E-state index contributed by atoms with van der Waals surface area (Å²) in [5.74, 6) is -3.28. The third-order valence-corrected chi connectivity index (χ3v) is 2.40. The summed E-state index contributed by atoms with van der Waals surface area (Å²) < 4.78 is 0. The predicted molar refractivity (Wildman–Crippen MR) is 41.8 cm³/mol. The number of hydrogen-bond donors (Lipinski definition) is 2. The van der Waals surface area contributed by atoms with Gasteiger partial charge in [-0.3, -0.25) is 9.59 Å². The van der Waals surface area contributed by atoms with Crippen LogP contribution >= 0.6 is 0 Å². The van der Waals surface area contributed by atoms with E-state index in [2.05, 4.69) is 0 Å². The molecule has 2 N–H and O–H groups in total. The van der Waals surface area contributed by atoms with Crippen molar-refractivity contribution >= 4 is 11.9 Å². The second-order valence-corrected chi connectivity index (χ2v) is 3.17. The molecule has 0 aromatic heterocycles. The number of carbonyl (C=O) groups is 2. The molecule has 13 heavy (non-hydrogen) atoms. The van der Waals surface area contributed by atoms with E-state index >= 15 is 0 Å². The Bertz CT molecular complexity index is 188. The van der Waals surface area contributed by atoms with Crippen molar-refractivity contribution in [3.63, 3.8) is 0 Å². The van der Waals surface area contributed by atoms with E-state index in [0.717, 1.165) is 12.8 Å². The molecule has 0 radical (unpaired) electrons. The first-order chi connectivity index (χ1) is 5.63. The Kier molecular flexibility index (Phi) is 5.60. The minimum absolute atomic E-state index is 0. The molecule has 0 aliphatic heterocycles. The Labute approximate surface area is 100 Å². The molecule has 2 atom stereocenters. The van der Waals surface area contributed by atoms with E-state index in [-0.39, 0.29) is 31.0 Å². The summed E-state index contributed by atoms with van der Waals surface area (Å²) in [5, 5.41) is 17.4. The Hall–Kier alpha value is -0.0600. The zero-order valence-electron chi connectivity index (χ0n) is 8.69. The van der Waals surface area contributed by atoms with Crippen LogP contribution in [0.4, 0.5) is 0 Å². The van der Waals surface area contributed by atoms with Crippen LogP contribution < -0.4 is 29.6 Å². The number of hydrogen-bond acceptors (Lipinski definition) is 2. The summed E-state index contributed by atoms with van der Waals surface area (Å²) in [6.45, 7) is 0. The molecule has 0 saturated heterocycles. The van der Waals surface area contributed by atoms with Gasteiger partial charge in [0.2, 0.25) is 0 Å². The second kappa shape index (κ2) is 5.62. The maximum absolute atomic E-state index is 10.6. The van der Waals surface area contributed by atoms with Crippen molar-refractivity contribution in [2.45, 2.75) is 25.7 Å². The van der Waals surface area contributed by atoms with Crippen molar-refractivity contribution < 1.29 is 50.8 Å². The fourth-order valence-electron chi connectivity index (χ4n) is 1.72. The number of aliphatic carboxylic acids is 2. The minimum atomic E-state index is -0.970. The quantitative estimate of drug-likeness (QED) is 0.505. The van der Waals surface area contributed by atoms with E-state index in [1.807, 2.05) is 0 Å². The van der Waals surface area contributed by atoms with Crippen molar-refractivity contribution in [1.29, 1.82) is 0 Å². The molecule has 4 nitrogen and oxygen atoms in total. The summed E-state index contributed by atoms with van der Waals surface area (Å²) in [5.41, 5.74) is 0. The molecule has 0 heterocycles. The SMILES string of the molecule is O=C(O)C1CCCCC1C(=O)O.[H-].[Na+]. The van der Waals surface area contributed by atoms with Gasteiger partial charge in [0.05, 0.1) is 11.8 Å². The van der Waals surface area contributed by atoms with Crippen molar-refractivity contribution in [2.75, 3.05) is 0 Å². The molecule has 0 aromatic rings. The maximum atomic E-state index is 10.6. The predicted octanol–water partition coefficient (Wildman–Crippen LogP) is -1.92. The molecule has 1 saturated carbocycles. The van der Waals surface area contributed by atoms with Gasteiger partial charge in [0.25, 0.3) is 0 Å². The average Bonchev–Trinajstić information content (AvgIpc) is 2.04. The van der Waals surface area contributed by atoms with Crippen LogP contribution in [0.25, 0.3) is 0 Å². The van der Waals surface area contributed by atoms with Gasteiger partial charge < -0.3 is 11.6 Å². The molecule has 2 unspecified atom stereocenters. The van der Waals surface area contributed by atoms with Crippen LogP contribution in [0.5, 0.6) is 0 Å². The Morgan fingerprint density at radius 1 is 1.00 bits per heavy atom. The third kappa shape index (κ3) is 3.29. The Morgan fingerprint density at radius 3 is 1.54 bits per heavy atom. The van der Waals surface area contributed by atoms with E-state index < -0.39 is 23.8 Å². The number of carboxylic acid groups (broad SMARTS) is 2. The molecule has 1 aliphatic rings.